The van der Waals surface area contributed by atoms with Gasteiger partial charge in [0.1, 0.15) is 0 Å². The Kier molecular flexibility index (Phi) is 4.94. The van der Waals surface area contributed by atoms with E-state index in [1.807, 2.05) is 35.9 Å². The predicted molar refractivity (Wildman–Crippen MR) is 80.4 cm³/mol. The van der Waals surface area contributed by atoms with Gasteiger partial charge in [0.05, 0.1) is 6.04 Å². The van der Waals surface area contributed by atoms with Crippen LogP contribution in [0.5, 0.6) is 0 Å². The molecule has 1 aliphatic rings. The van der Waals surface area contributed by atoms with Crippen LogP contribution in [-0.4, -0.2) is 46.7 Å². The summed E-state index contributed by atoms with van der Waals surface area (Å²) in [5.74, 6) is 0.289. The van der Waals surface area contributed by atoms with Crippen molar-refractivity contribution in [2.45, 2.75) is 32.7 Å². The molecule has 2 rings (SSSR count). The van der Waals surface area contributed by atoms with Crippen molar-refractivity contribution < 1.29 is 9.59 Å². The number of hydrogen-bond acceptors (Lipinski definition) is 3. The molecule has 1 atom stereocenters. The maximum atomic E-state index is 12.6. The number of nitrogens with zero attached hydrogens (tertiary/aromatic N) is 3. The summed E-state index contributed by atoms with van der Waals surface area (Å²) in [4.78, 5) is 31.6. The number of rotatable bonds is 3. The van der Waals surface area contributed by atoms with Crippen molar-refractivity contribution in [2.24, 2.45) is 5.92 Å². The summed E-state index contributed by atoms with van der Waals surface area (Å²) in [5, 5.41) is 0. The van der Waals surface area contributed by atoms with Crippen LogP contribution in [0.2, 0.25) is 0 Å². The average molecular weight is 289 g/mol. The number of likely N-dealkylation sites (tertiary alicyclic amines) is 1. The highest BCUT2D eigenvalue weighted by atomic mass is 16.2. The van der Waals surface area contributed by atoms with Gasteiger partial charge in [-0.1, -0.05) is 0 Å². The van der Waals surface area contributed by atoms with Crippen LogP contribution in [0.1, 0.15) is 38.3 Å². The highest BCUT2D eigenvalue weighted by Gasteiger charge is 2.29. The van der Waals surface area contributed by atoms with E-state index in [1.165, 1.54) is 0 Å². The van der Waals surface area contributed by atoms with Crippen molar-refractivity contribution in [3.05, 3.63) is 30.1 Å². The molecule has 0 bridgehead atoms. The van der Waals surface area contributed by atoms with Crippen LogP contribution in [0.15, 0.2) is 24.5 Å². The maximum Gasteiger partial charge on any atom is 0.226 e. The molecule has 21 heavy (non-hydrogen) atoms. The van der Waals surface area contributed by atoms with Gasteiger partial charge in [0, 0.05) is 45.4 Å². The lowest BCUT2D eigenvalue weighted by Crippen LogP contribution is -2.43. The molecule has 0 N–H and O–H groups in total. The van der Waals surface area contributed by atoms with Crippen molar-refractivity contribution in [2.75, 3.05) is 20.1 Å². The fourth-order valence-electron chi connectivity index (χ4n) is 2.79. The molecule has 1 aromatic rings. The predicted octanol–water partition coefficient (Wildman–Crippen LogP) is 1.86. The van der Waals surface area contributed by atoms with Crippen LogP contribution < -0.4 is 0 Å². The zero-order valence-corrected chi connectivity index (χ0v) is 13.0. The van der Waals surface area contributed by atoms with Crippen LogP contribution in [0.25, 0.3) is 0 Å². The molecule has 114 valence electrons. The van der Waals surface area contributed by atoms with Gasteiger partial charge in [0.2, 0.25) is 11.8 Å². The average Bonchev–Trinajstić information content (AvgIpc) is 2.53. The molecule has 5 nitrogen and oxygen atoms in total. The summed E-state index contributed by atoms with van der Waals surface area (Å²) >= 11 is 0. The Balaban J connectivity index is 1.96. The molecule has 5 heteroatoms. The number of hydrogen-bond donors (Lipinski definition) is 0. The second kappa shape index (κ2) is 6.70. The first-order valence-corrected chi connectivity index (χ1v) is 7.42. The summed E-state index contributed by atoms with van der Waals surface area (Å²) in [6.45, 7) is 4.98. The second-order valence-electron chi connectivity index (χ2n) is 5.69. The lowest BCUT2D eigenvalue weighted by Gasteiger charge is -2.34. The largest absolute Gasteiger partial charge is 0.343 e. The lowest BCUT2D eigenvalue weighted by molar-refractivity contribution is -0.140. The first kappa shape index (κ1) is 15.5. The summed E-state index contributed by atoms with van der Waals surface area (Å²) in [7, 11) is 1.85. The molecule has 0 aliphatic carbocycles. The second-order valence-corrected chi connectivity index (χ2v) is 5.69. The Morgan fingerprint density at radius 1 is 1.29 bits per heavy atom. The molecule has 1 unspecified atom stereocenters. The minimum atomic E-state index is 0.0230. The smallest absolute Gasteiger partial charge is 0.226 e. The Hall–Kier alpha value is -1.91. The first-order chi connectivity index (χ1) is 10.0. The molecule has 1 fully saturated rings. The number of carbonyl (C=O) groups is 2. The van der Waals surface area contributed by atoms with Crippen molar-refractivity contribution in [3.63, 3.8) is 0 Å². The highest BCUT2D eigenvalue weighted by molar-refractivity contribution is 5.80. The van der Waals surface area contributed by atoms with Gasteiger partial charge < -0.3 is 9.80 Å². The fraction of sp³-hybridized carbons (Fsp3) is 0.562. The van der Waals surface area contributed by atoms with Crippen LogP contribution >= 0.6 is 0 Å². The fourth-order valence-corrected chi connectivity index (χ4v) is 2.79. The zero-order valence-electron chi connectivity index (χ0n) is 13.0. The van der Waals surface area contributed by atoms with Crippen LogP contribution in [0.4, 0.5) is 0 Å². The summed E-state index contributed by atoms with van der Waals surface area (Å²) in [6, 6.07) is 3.91. The van der Waals surface area contributed by atoms with E-state index in [9.17, 15) is 9.59 Å². The molecule has 2 heterocycles. The Morgan fingerprint density at radius 2 is 1.86 bits per heavy atom. The summed E-state index contributed by atoms with van der Waals surface area (Å²) < 4.78 is 0. The SMILES string of the molecule is CC(=O)N1CCC(C(=O)N(C)C(C)c2ccncc2)CC1. The van der Waals surface area contributed by atoms with Crippen molar-refractivity contribution >= 4 is 11.8 Å². The van der Waals surface area contributed by atoms with Crippen LogP contribution in [-0.2, 0) is 9.59 Å². The van der Waals surface area contributed by atoms with E-state index in [0.717, 1.165) is 18.4 Å². The van der Waals surface area contributed by atoms with Gasteiger partial charge in [-0.3, -0.25) is 14.6 Å². The number of piperidine rings is 1. The van der Waals surface area contributed by atoms with Gasteiger partial charge in [-0.2, -0.15) is 0 Å². The van der Waals surface area contributed by atoms with E-state index >= 15 is 0 Å². The monoisotopic (exact) mass is 289 g/mol. The standard InChI is InChI=1S/C16H23N3O2/c1-12(14-4-8-17-9-5-14)18(3)16(21)15-6-10-19(11-7-15)13(2)20/h4-5,8-9,12,15H,6-7,10-11H2,1-3H3. The molecule has 0 radical (unpaired) electrons. The van der Waals surface area contributed by atoms with Gasteiger partial charge in [-0.05, 0) is 37.5 Å². The highest BCUT2D eigenvalue weighted by Crippen LogP contribution is 2.24. The number of carbonyl (C=O) groups excluding carboxylic acids is 2. The molecular weight excluding hydrogens is 266 g/mol. The summed E-state index contributed by atoms with van der Waals surface area (Å²) in [5.41, 5.74) is 1.09. The van der Waals surface area contributed by atoms with E-state index in [2.05, 4.69) is 4.98 Å². The molecule has 2 amide bonds. The minimum Gasteiger partial charge on any atom is -0.343 e. The van der Waals surface area contributed by atoms with Crippen LogP contribution in [0, 0.1) is 5.92 Å². The molecular formula is C16H23N3O2. The third-order valence-corrected chi connectivity index (χ3v) is 4.41. The van der Waals surface area contributed by atoms with Gasteiger partial charge in [-0.15, -0.1) is 0 Å². The van der Waals surface area contributed by atoms with Crippen molar-refractivity contribution in [1.29, 1.82) is 0 Å². The van der Waals surface area contributed by atoms with E-state index < -0.39 is 0 Å². The van der Waals surface area contributed by atoms with E-state index in [4.69, 9.17) is 0 Å². The number of amides is 2. The van der Waals surface area contributed by atoms with Gasteiger partial charge in [0.15, 0.2) is 0 Å². The van der Waals surface area contributed by atoms with Crippen LogP contribution in [0.3, 0.4) is 0 Å². The normalized spacial score (nSPS) is 17.4. The molecule has 0 saturated carbocycles. The Labute approximate surface area is 126 Å². The molecule has 0 aromatic carbocycles. The Bertz CT molecular complexity index is 496. The summed E-state index contributed by atoms with van der Waals surface area (Å²) in [6.07, 6.45) is 5.00. The van der Waals surface area contributed by atoms with E-state index in [-0.39, 0.29) is 23.8 Å². The van der Waals surface area contributed by atoms with Gasteiger partial charge in [-0.25, -0.2) is 0 Å². The van der Waals surface area contributed by atoms with E-state index in [0.29, 0.717) is 13.1 Å². The Morgan fingerprint density at radius 3 is 2.38 bits per heavy atom. The van der Waals surface area contributed by atoms with Crippen molar-refractivity contribution in [3.8, 4) is 0 Å². The van der Waals surface area contributed by atoms with Gasteiger partial charge in [0.25, 0.3) is 0 Å². The third-order valence-electron chi connectivity index (χ3n) is 4.41. The van der Waals surface area contributed by atoms with Crippen molar-refractivity contribution in [1.82, 2.24) is 14.8 Å². The number of pyridine rings is 1. The molecule has 1 aromatic heterocycles. The maximum absolute atomic E-state index is 12.6. The minimum absolute atomic E-state index is 0.0230. The lowest BCUT2D eigenvalue weighted by atomic mass is 9.94. The third kappa shape index (κ3) is 3.60. The molecule has 1 saturated heterocycles. The van der Waals surface area contributed by atoms with Gasteiger partial charge >= 0.3 is 0 Å². The quantitative estimate of drug-likeness (QED) is 0.853. The molecule has 1 aliphatic heterocycles. The van der Waals surface area contributed by atoms with E-state index in [1.54, 1.807) is 19.3 Å². The zero-order chi connectivity index (χ0) is 15.4. The number of aromatic nitrogens is 1. The first-order valence-electron chi connectivity index (χ1n) is 7.42. The topological polar surface area (TPSA) is 53.5 Å². The molecule has 0 spiro atoms.